The zero-order chi connectivity index (χ0) is 24.1. The van der Waals surface area contributed by atoms with E-state index in [2.05, 4.69) is 15.6 Å². The molecule has 4 rings (SSSR count). The van der Waals surface area contributed by atoms with Crippen molar-refractivity contribution < 1.29 is 14.0 Å². The summed E-state index contributed by atoms with van der Waals surface area (Å²) < 4.78 is 7.34. The first-order valence-corrected chi connectivity index (χ1v) is 11.9. The summed E-state index contributed by atoms with van der Waals surface area (Å²) in [5.41, 5.74) is 2.98. The van der Waals surface area contributed by atoms with Gasteiger partial charge in [-0.2, -0.15) is 0 Å². The van der Waals surface area contributed by atoms with Crippen LogP contribution < -0.4 is 10.6 Å². The molecule has 0 fully saturated rings. The van der Waals surface area contributed by atoms with E-state index < -0.39 is 0 Å². The number of rotatable bonds is 8. The van der Waals surface area contributed by atoms with Crippen LogP contribution in [-0.2, 0) is 11.3 Å². The number of anilines is 1. The fourth-order valence-corrected chi connectivity index (χ4v) is 4.17. The van der Waals surface area contributed by atoms with Crippen molar-refractivity contribution in [3.63, 3.8) is 0 Å². The summed E-state index contributed by atoms with van der Waals surface area (Å²) in [5, 5.41) is 6.96. The zero-order valence-electron chi connectivity index (χ0n) is 18.7. The van der Waals surface area contributed by atoms with E-state index in [0.717, 1.165) is 17.0 Å². The maximum Gasteiger partial charge on any atom is 0.251 e. The zero-order valence-corrected chi connectivity index (χ0v) is 20.2. The van der Waals surface area contributed by atoms with Crippen molar-refractivity contribution in [1.29, 1.82) is 0 Å². The molecule has 2 N–H and O–H groups in total. The standard InChI is InChI=1S/C25H23ClN4O3S/c1-16-3-7-19(13-22(16)26)29-23(31)15-34-25-27-11-12-30(25)20-8-5-18(6-9-20)24(32)28-14-21-10-4-17(2)33-21/h3-13H,14-15H2,1-2H3,(H,28,32)(H,29,31). The number of hydrogen-bond acceptors (Lipinski definition) is 5. The predicted octanol–water partition coefficient (Wildman–Crippen LogP) is 5.40. The van der Waals surface area contributed by atoms with Gasteiger partial charge in [-0.25, -0.2) is 4.98 Å². The predicted molar refractivity (Wildman–Crippen MR) is 134 cm³/mol. The Hall–Kier alpha value is -3.49. The summed E-state index contributed by atoms with van der Waals surface area (Å²) in [6.07, 6.45) is 3.49. The maximum atomic E-state index is 12.4. The van der Waals surface area contributed by atoms with Crippen molar-refractivity contribution in [2.45, 2.75) is 25.5 Å². The molecule has 0 aliphatic rings. The molecule has 0 aliphatic carbocycles. The van der Waals surface area contributed by atoms with Gasteiger partial charge in [0.15, 0.2) is 5.16 Å². The molecule has 0 spiro atoms. The fraction of sp³-hybridized carbons (Fsp3) is 0.160. The van der Waals surface area contributed by atoms with E-state index in [4.69, 9.17) is 16.0 Å². The number of furan rings is 1. The van der Waals surface area contributed by atoms with Crippen molar-refractivity contribution in [2.24, 2.45) is 0 Å². The van der Waals surface area contributed by atoms with Crippen LogP contribution in [0.5, 0.6) is 0 Å². The summed E-state index contributed by atoms with van der Waals surface area (Å²) in [4.78, 5) is 29.2. The van der Waals surface area contributed by atoms with E-state index in [9.17, 15) is 9.59 Å². The molecule has 0 unspecified atom stereocenters. The number of nitrogens with zero attached hydrogens (tertiary/aromatic N) is 2. The molecule has 7 nitrogen and oxygen atoms in total. The van der Waals surface area contributed by atoms with Gasteiger partial charge in [0.25, 0.3) is 5.91 Å². The number of imidazole rings is 1. The van der Waals surface area contributed by atoms with Gasteiger partial charge < -0.3 is 15.1 Å². The molecule has 0 aliphatic heterocycles. The molecule has 34 heavy (non-hydrogen) atoms. The van der Waals surface area contributed by atoms with Gasteiger partial charge in [0, 0.05) is 34.4 Å². The monoisotopic (exact) mass is 494 g/mol. The lowest BCUT2D eigenvalue weighted by molar-refractivity contribution is -0.113. The topological polar surface area (TPSA) is 89.2 Å². The Morgan fingerprint density at radius 2 is 1.88 bits per heavy atom. The summed E-state index contributed by atoms with van der Waals surface area (Å²) in [5.74, 6) is 1.36. The average molecular weight is 495 g/mol. The first kappa shape index (κ1) is 23.7. The molecular formula is C25H23ClN4O3S. The maximum absolute atomic E-state index is 12.4. The van der Waals surface area contributed by atoms with Gasteiger partial charge in [0.2, 0.25) is 5.91 Å². The minimum Gasteiger partial charge on any atom is -0.465 e. The van der Waals surface area contributed by atoms with Crippen molar-refractivity contribution in [3.05, 3.63) is 94.7 Å². The summed E-state index contributed by atoms with van der Waals surface area (Å²) in [6, 6.07) is 16.3. The molecule has 0 bridgehead atoms. The van der Waals surface area contributed by atoms with E-state index >= 15 is 0 Å². The van der Waals surface area contributed by atoms with Gasteiger partial charge in [-0.1, -0.05) is 29.4 Å². The van der Waals surface area contributed by atoms with Crippen molar-refractivity contribution in [3.8, 4) is 5.69 Å². The molecule has 2 heterocycles. The Morgan fingerprint density at radius 3 is 2.59 bits per heavy atom. The van der Waals surface area contributed by atoms with Crippen LogP contribution in [0.3, 0.4) is 0 Å². The number of carbonyl (C=O) groups excluding carboxylic acids is 2. The third-order valence-corrected chi connectivity index (χ3v) is 6.40. The molecule has 2 aromatic heterocycles. The van der Waals surface area contributed by atoms with Crippen molar-refractivity contribution in [2.75, 3.05) is 11.1 Å². The van der Waals surface area contributed by atoms with Gasteiger partial charge in [0.1, 0.15) is 11.5 Å². The van der Waals surface area contributed by atoms with Crippen LogP contribution in [0.25, 0.3) is 5.69 Å². The number of amides is 2. The number of hydrogen-bond donors (Lipinski definition) is 2. The number of thioether (sulfide) groups is 1. The number of nitrogens with one attached hydrogen (secondary N) is 2. The second-order valence-electron chi connectivity index (χ2n) is 7.62. The van der Waals surface area contributed by atoms with Gasteiger partial charge in [-0.3, -0.25) is 14.2 Å². The minimum absolute atomic E-state index is 0.154. The lowest BCUT2D eigenvalue weighted by atomic mass is 10.2. The number of carbonyl (C=O) groups is 2. The van der Waals surface area contributed by atoms with Crippen LogP contribution in [0.1, 0.15) is 27.4 Å². The second kappa shape index (κ2) is 10.6. The van der Waals surface area contributed by atoms with Gasteiger partial charge in [0.05, 0.1) is 12.3 Å². The van der Waals surface area contributed by atoms with Crippen LogP contribution in [0, 0.1) is 13.8 Å². The number of benzene rings is 2. The molecule has 174 valence electrons. The minimum atomic E-state index is -0.186. The largest absolute Gasteiger partial charge is 0.465 e. The number of aromatic nitrogens is 2. The van der Waals surface area contributed by atoms with Crippen molar-refractivity contribution >= 4 is 40.9 Å². The van der Waals surface area contributed by atoms with E-state index in [1.807, 2.05) is 61.0 Å². The molecule has 0 atom stereocenters. The Kier molecular flexibility index (Phi) is 7.40. The molecule has 9 heteroatoms. The van der Waals surface area contributed by atoms with Crippen molar-refractivity contribution in [1.82, 2.24) is 14.9 Å². The third kappa shape index (κ3) is 5.89. The molecule has 2 amide bonds. The van der Waals surface area contributed by atoms with Crippen LogP contribution >= 0.6 is 23.4 Å². The van der Waals surface area contributed by atoms with Crippen LogP contribution in [-0.4, -0.2) is 27.1 Å². The van der Waals surface area contributed by atoms with Crippen LogP contribution in [0.15, 0.2) is 76.6 Å². The highest BCUT2D eigenvalue weighted by Crippen LogP contribution is 2.23. The Balaban J connectivity index is 1.34. The highest BCUT2D eigenvalue weighted by Gasteiger charge is 2.12. The molecule has 0 radical (unpaired) electrons. The van der Waals surface area contributed by atoms with E-state index in [-0.39, 0.29) is 17.6 Å². The third-order valence-electron chi connectivity index (χ3n) is 5.02. The lowest BCUT2D eigenvalue weighted by Gasteiger charge is -2.10. The van der Waals surface area contributed by atoms with Crippen LogP contribution in [0.2, 0.25) is 5.02 Å². The first-order chi connectivity index (χ1) is 16.4. The lowest BCUT2D eigenvalue weighted by Crippen LogP contribution is -2.22. The Labute approximate surface area is 206 Å². The van der Waals surface area contributed by atoms with Gasteiger partial charge in [-0.15, -0.1) is 0 Å². The highest BCUT2D eigenvalue weighted by molar-refractivity contribution is 7.99. The Morgan fingerprint density at radius 1 is 1.09 bits per heavy atom. The smallest absolute Gasteiger partial charge is 0.251 e. The normalized spacial score (nSPS) is 10.8. The molecular weight excluding hydrogens is 472 g/mol. The van der Waals surface area contributed by atoms with Crippen LogP contribution in [0.4, 0.5) is 5.69 Å². The summed E-state index contributed by atoms with van der Waals surface area (Å²) in [6.45, 7) is 4.09. The number of aryl methyl sites for hydroxylation is 2. The van der Waals surface area contributed by atoms with Gasteiger partial charge in [-0.05, 0) is 67.9 Å². The summed E-state index contributed by atoms with van der Waals surface area (Å²) >= 11 is 7.44. The van der Waals surface area contributed by atoms with E-state index in [1.54, 1.807) is 24.4 Å². The number of halogens is 1. The highest BCUT2D eigenvalue weighted by atomic mass is 35.5. The fourth-order valence-electron chi connectivity index (χ4n) is 3.21. The molecule has 4 aromatic rings. The quantitative estimate of drug-likeness (QED) is 0.320. The second-order valence-corrected chi connectivity index (χ2v) is 8.97. The SMILES string of the molecule is Cc1ccc(CNC(=O)c2ccc(-n3ccnc3SCC(=O)Nc3ccc(C)c(Cl)c3)cc2)o1. The molecule has 2 aromatic carbocycles. The van der Waals surface area contributed by atoms with E-state index in [1.165, 1.54) is 11.8 Å². The molecule has 0 saturated carbocycles. The summed E-state index contributed by atoms with van der Waals surface area (Å²) in [7, 11) is 0. The molecule has 0 saturated heterocycles. The van der Waals surface area contributed by atoms with Gasteiger partial charge >= 0.3 is 0 Å². The first-order valence-electron chi connectivity index (χ1n) is 10.5. The Bertz CT molecular complexity index is 1310. The average Bonchev–Trinajstić information content (AvgIpc) is 3.47. The van der Waals surface area contributed by atoms with E-state index in [0.29, 0.717) is 33.7 Å².